The highest BCUT2D eigenvalue weighted by Crippen LogP contribution is 2.16. The van der Waals surface area contributed by atoms with Crippen molar-refractivity contribution in [2.24, 2.45) is 0 Å². The molecule has 8 heteroatoms. The number of hydrazine groups is 1. The van der Waals surface area contributed by atoms with Crippen LogP contribution in [-0.4, -0.2) is 30.5 Å². The van der Waals surface area contributed by atoms with E-state index in [1.807, 2.05) is 0 Å². The Morgan fingerprint density at radius 1 is 1.19 bits per heavy atom. The second kappa shape index (κ2) is 8.11. The van der Waals surface area contributed by atoms with Crippen molar-refractivity contribution < 1.29 is 23.9 Å². The SMILES string of the molecule is CC(=O)NNC(=O)COC(=O)[C@@H](C)Oc1ccc(Cl)cc1. The van der Waals surface area contributed by atoms with E-state index in [9.17, 15) is 14.4 Å². The van der Waals surface area contributed by atoms with Gasteiger partial charge in [-0.05, 0) is 31.2 Å². The maximum absolute atomic E-state index is 11.6. The molecule has 0 saturated heterocycles. The molecule has 2 amide bonds. The first-order valence-corrected chi connectivity index (χ1v) is 6.40. The summed E-state index contributed by atoms with van der Waals surface area (Å²) in [6, 6.07) is 6.46. The molecular formula is C13H15ClN2O5. The molecule has 21 heavy (non-hydrogen) atoms. The van der Waals surface area contributed by atoms with Gasteiger partial charge in [0, 0.05) is 11.9 Å². The van der Waals surface area contributed by atoms with Gasteiger partial charge in [-0.1, -0.05) is 11.6 Å². The summed E-state index contributed by atoms with van der Waals surface area (Å²) in [5.74, 6) is -1.35. The second-order valence-corrected chi connectivity index (χ2v) is 4.49. The van der Waals surface area contributed by atoms with Gasteiger partial charge in [0.1, 0.15) is 5.75 Å². The van der Waals surface area contributed by atoms with Gasteiger partial charge in [0.25, 0.3) is 5.91 Å². The number of rotatable bonds is 5. The summed E-state index contributed by atoms with van der Waals surface area (Å²) in [4.78, 5) is 33.4. The standard InChI is InChI=1S/C13H15ClN2O5/c1-8(21-11-5-3-10(14)4-6-11)13(19)20-7-12(18)16-15-9(2)17/h3-6,8H,7H2,1-2H3,(H,15,17)(H,16,18)/t8-/m1/s1. The van der Waals surface area contributed by atoms with Crippen LogP contribution >= 0.6 is 11.6 Å². The molecule has 0 aliphatic heterocycles. The first-order valence-electron chi connectivity index (χ1n) is 6.02. The van der Waals surface area contributed by atoms with E-state index in [1.54, 1.807) is 24.3 Å². The summed E-state index contributed by atoms with van der Waals surface area (Å²) in [7, 11) is 0. The maximum Gasteiger partial charge on any atom is 0.347 e. The summed E-state index contributed by atoms with van der Waals surface area (Å²) in [6.45, 7) is 2.20. The molecule has 0 spiro atoms. The summed E-state index contributed by atoms with van der Waals surface area (Å²) in [5.41, 5.74) is 4.13. The number of benzene rings is 1. The van der Waals surface area contributed by atoms with E-state index in [0.29, 0.717) is 10.8 Å². The number of carbonyl (C=O) groups is 3. The van der Waals surface area contributed by atoms with Crippen molar-refractivity contribution in [2.75, 3.05) is 6.61 Å². The molecule has 0 heterocycles. The third-order valence-corrected chi connectivity index (χ3v) is 2.43. The third-order valence-electron chi connectivity index (χ3n) is 2.18. The predicted octanol–water partition coefficient (Wildman–Crippen LogP) is 0.818. The zero-order valence-electron chi connectivity index (χ0n) is 11.5. The zero-order chi connectivity index (χ0) is 15.8. The smallest absolute Gasteiger partial charge is 0.347 e. The molecule has 0 aromatic heterocycles. The minimum absolute atomic E-state index is 0.436. The Bertz CT molecular complexity index is 518. The van der Waals surface area contributed by atoms with Crippen LogP contribution in [0.5, 0.6) is 5.75 Å². The number of hydrogen-bond acceptors (Lipinski definition) is 5. The van der Waals surface area contributed by atoms with Crippen molar-refractivity contribution in [3.63, 3.8) is 0 Å². The van der Waals surface area contributed by atoms with Gasteiger partial charge in [0.15, 0.2) is 12.7 Å². The van der Waals surface area contributed by atoms with E-state index in [1.165, 1.54) is 13.8 Å². The van der Waals surface area contributed by atoms with Crippen LogP contribution in [0.15, 0.2) is 24.3 Å². The Hall–Kier alpha value is -2.28. The number of esters is 1. The summed E-state index contributed by atoms with van der Waals surface area (Å²) >= 11 is 5.73. The van der Waals surface area contributed by atoms with Crippen molar-refractivity contribution in [1.82, 2.24) is 10.9 Å². The highest BCUT2D eigenvalue weighted by Gasteiger charge is 2.17. The van der Waals surface area contributed by atoms with Crippen LogP contribution < -0.4 is 15.6 Å². The Morgan fingerprint density at radius 3 is 2.38 bits per heavy atom. The van der Waals surface area contributed by atoms with Crippen LogP contribution in [0.1, 0.15) is 13.8 Å². The van der Waals surface area contributed by atoms with Crippen LogP contribution in [0.2, 0.25) is 5.02 Å². The quantitative estimate of drug-likeness (QED) is 0.620. The summed E-state index contributed by atoms with van der Waals surface area (Å²) in [6.07, 6.45) is -0.889. The average molecular weight is 315 g/mol. The highest BCUT2D eigenvalue weighted by molar-refractivity contribution is 6.30. The Labute approximate surface area is 126 Å². The van der Waals surface area contributed by atoms with Gasteiger partial charge < -0.3 is 9.47 Å². The fourth-order valence-corrected chi connectivity index (χ4v) is 1.34. The van der Waals surface area contributed by atoms with Crippen molar-refractivity contribution in [2.45, 2.75) is 20.0 Å². The predicted molar refractivity (Wildman–Crippen MR) is 74.5 cm³/mol. The second-order valence-electron chi connectivity index (χ2n) is 4.05. The van der Waals surface area contributed by atoms with Gasteiger partial charge in [-0.3, -0.25) is 20.4 Å². The number of halogens is 1. The molecule has 1 atom stereocenters. The topological polar surface area (TPSA) is 93.7 Å². The molecule has 0 bridgehead atoms. The largest absolute Gasteiger partial charge is 0.479 e. The van der Waals surface area contributed by atoms with Gasteiger partial charge in [-0.25, -0.2) is 4.79 Å². The molecule has 1 aromatic rings. The summed E-state index contributed by atoms with van der Waals surface area (Å²) in [5, 5.41) is 0.548. The fraction of sp³-hybridized carbons (Fsp3) is 0.308. The molecule has 0 fully saturated rings. The van der Waals surface area contributed by atoms with Crippen molar-refractivity contribution in [3.05, 3.63) is 29.3 Å². The van der Waals surface area contributed by atoms with Crippen LogP contribution in [0.25, 0.3) is 0 Å². The van der Waals surface area contributed by atoms with Crippen LogP contribution in [-0.2, 0) is 19.1 Å². The zero-order valence-corrected chi connectivity index (χ0v) is 12.3. The molecule has 0 aliphatic rings. The minimum Gasteiger partial charge on any atom is -0.479 e. The number of hydrogen-bond donors (Lipinski definition) is 2. The number of carbonyl (C=O) groups excluding carboxylic acids is 3. The lowest BCUT2D eigenvalue weighted by molar-refractivity contribution is -0.155. The van der Waals surface area contributed by atoms with Gasteiger partial charge in [-0.2, -0.15) is 0 Å². The number of nitrogens with one attached hydrogen (secondary N) is 2. The van der Waals surface area contributed by atoms with E-state index in [4.69, 9.17) is 21.1 Å². The third kappa shape index (κ3) is 6.62. The molecule has 114 valence electrons. The monoisotopic (exact) mass is 314 g/mol. The molecule has 0 aliphatic carbocycles. The first kappa shape index (κ1) is 16.8. The van der Waals surface area contributed by atoms with E-state index in [0.717, 1.165) is 0 Å². The van der Waals surface area contributed by atoms with Crippen molar-refractivity contribution >= 4 is 29.4 Å². The Balaban J connectivity index is 2.35. The van der Waals surface area contributed by atoms with Crippen LogP contribution in [0, 0.1) is 0 Å². The number of amides is 2. The Kier molecular flexibility index (Phi) is 6.48. The molecule has 0 unspecified atom stereocenters. The molecule has 0 saturated carbocycles. The van der Waals surface area contributed by atoms with Gasteiger partial charge in [0.2, 0.25) is 5.91 Å². The van der Waals surface area contributed by atoms with E-state index >= 15 is 0 Å². The summed E-state index contributed by atoms with van der Waals surface area (Å²) < 4.78 is 10.1. The normalized spacial score (nSPS) is 11.2. The van der Waals surface area contributed by atoms with Gasteiger partial charge in [-0.15, -0.1) is 0 Å². The van der Waals surface area contributed by atoms with Gasteiger partial charge in [0.05, 0.1) is 0 Å². The fourth-order valence-electron chi connectivity index (χ4n) is 1.21. The number of ether oxygens (including phenoxy) is 2. The Morgan fingerprint density at radius 2 is 1.81 bits per heavy atom. The molecule has 1 aromatic carbocycles. The maximum atomic E-state index is 11.6. The van der Waals surface area contributed by atoms with Crippen LogP contribution in [0.3, 0.4) is 0 Å². The van der Waals surface area contributed by atoms with E-state index in [2.05, 4.69) is 10.9 Å². The van der Waals surface area contributed by atoms with Gasteiger partial charge >= 0.3 is 5.97 Å². The molecule has 0 radical (unpaired) electrons. The minimum atomic E-state index is -0.889. The molecule has 1 rings (SSSR count). The molecule has 2 N–H and O–H groups in total. The van der Waals surface area contributed by atoms with Crippen molar-refractivity contribution in [1.29, 1.82) is 0 Å². The lowest BCUT2D eigenvalue weighted by atomic mass is 10.3. The lowest BCUT2D eigenvalue weighted by Crippen LogP contribution is -2.43. The lowest BCUT2D eigenvalue weighted by Gasteiger charge is -2.14. The molecule has 7 nitrogen and oxygen atoms in total. The average Bonchev–Trinajstić information content (AvgIpc) is 2.44. The van der Waals surface area contributed by atoms with E-state index in [-0.39, 0.29) is 0 Å². The van der Waals surface area contributed by atoms with E-state index < -0.39 is 30.5 Å². The first-order chi connectivity index (χ1) is 9.88. The van der Waals surface area contributed by atoms with Crippen molar-refractivity contribution in [3.8, 4) is 5.75 Å². The highest BCUT2D eigenvalue weighted by atomic mass is 35.5. The molecular weight excluding hydrogens is 300 g/mol. The van der Waals surface area contributed by atoms with Crippen LogP contribution in [0.4, 0.5) is 0 Å².